The van der Waals surface area contributed by atoms with E-state index in [2.05, 4.69) is 165 Å². The van der Waals surface area contributed by atoms with E-state index in [4.69, 9.17) is 23.7 Å². The van der Waals surface area contributed by atoms with Gasteiger partial charge in [-0.25, -0.2) is 16.8 Å². The molecule has 14 heteroatoms. The lowest BCUT2D eigenvalue weighted by atomic mass is 9.67. The molecule has 0 amide bonds. The van der Waals surface area contributed by atoms with Gasteiger partial charge in [0.05, 0.1) is 30.4 Å². The normalized spacial score (nSPS) is 12.7. The molecule has 0 atom stereocenters. The molecule has 0 bridgehead atoms. The maximum atomic E-state index is 14.1. The molecule has 2 aliphatic rings. The first-order chi connectivity index (χ1) is 59.9. The van der Waals surface area contributed by atoms with Crippen molar-refractivity contribution >= 4 is 37.0 Å². The standard InChI is InChI=1S/C109H74O12S2/c1-71-22-34-79(35-23-71)108(101-18-7-3-14-97(101)98-15-4-8-19-102(98)108)80-36-50-87(51-37-80)117-83-46-30-75(31-47-83)106(111)77-12-11-13-78(70-77)107(112)76-32-48-84(49-33-76)118-88-52-38-81(39-53-88)109(103-20-9-5-16-99(103)100-17-6-10-21-104(100)109)82-40-54-89(55-41-82)121-92-60-68-96(69-61-92)123(115,116)95-66-58-91(59-67-95)120-86-44-28-74(29-45-86)105(110)73-26-42-85(43-27-73)119-90-56-64-94(65-57-90)122(113,114)93-62-24-72(2)25-63-93/h3-70H,1-2H3. The minimum absolute atomic E-state index is 0.0675. The molecule has 123 heavy (non-hydrogen) atoms. The maximum absolute atomic E-state index is 14.1. The van der Waals surface area contributed by atoms with Gasteiger partial charge in [0, 0.05) is 33.4 Å². The summed E-state index contributed by atoms with van der Waals surface area (Å²) in [5.41, 5.74) is 17.1. The topological polar surface area (TPSA) is 166 Å². The SMILES string of the molecule is Cc1ccc(C2(c3ccc(Oc4ccc(C(=O)c5cccc(C(=O)c6ccc(Oc7ccc(C8(c9ccc(Oc%10ccc(S(=O)(=O)c%11ccc(Oc%12ccc(C(=O)c%13ccc(Oc%14ccc(S(=O)(=O)c%15ccc(C)cc%15)cc%14)cc%13)cc%12)cc%11)cc%10)cc9)c9ccccc9-c9ccccc98)cc7)cc6)c5)cc4)cc3)c3ccccc3-c3ccccc32)cc1. The molecule has 12 nitrogen and oxygen atoms in total. The van der Waals surface area contributed by atoms with Gasteiger partial charge in [-0.2, -0.15) is 0 Å². The summed E-state index contributed by atoms with van der Waals surface area (Å²) in [7, 11) is -7.65. The largest absolute Gasteiger partial charge is 0.457 e. The molecule has 0 unspecified atom stereocenters. The molecule has 0 heterocycles. The van der Waals surface area contributed by atoms with Gasteiger partial charge >= 0.3 is 0 Å². The van der Waals surface area contributed by atoms with Crippen LogP contribution in [0.25, 0.3) is 22.3 Å². The molecule has 594 valence electrons. The van der Waals surface area contributed by atoms with E-state index < -0.39 is 30.5 Å². The van der Waals surface area contributed by atoms with Crippen LogP contribution in [0, 0.1) is 13.8 Å². The van der Waals surface area contributed by atoms with Crippen LogP contribution in [0.15, 0.2) is 432 Å². The molecular formula is C109H74O12S2. The van der Waals surface area contributed by atoms with Crippen molar-refractivity contribution in [3.8, 4) is 79.7 Å². The molecule has 0 saturated carbocycles. The number of carbonyl (C=O) groups excluding carboxylic acids is 3. The van der Waals surface area contributed by atoms with Crippen LogP contribution in [0.3, 0.4) is 0 Å². The zero-order chi connectivity index (χ0) is 84.0. The Hall–Kier alpha value is -15.4. The van der Waals surface area contributed by atoms with E-state index in [1.807, 2.05) is 43.3 Å². The smallest absolute Gasteiger partial charge is 0.206 e. The minimum atomic E-state index is -3.96. The first kappa shape index (κ1) is 77.6. The number of ketones is 3. The van der Waals surface area contributed by atoms with Crippen LogP contribution in [0.1, 0.15) is 103 Å². The molecule has 0 saturated heterocycles. The van der Waals surface area contributed by atoms with Crippen molar-refractivity contribution in [2.45, 2.75) is 44.3 Å². The number of sulfone groups is 2. The summed E-state index contributed by atoms with van der Waals surface area (Å²) >= 11 is 0. The lowest BCUT2D eigenvalue weighted by Gasteiger charge is -2.34. The van der Waals surface area contributed by atoms with Gasteiger partial charge in [-0.05, 0) is 305 Å². The van der Waals surface area contributed by atoms with E-state index in [-0.39, 0.29) is 36.9 Å². The van der Waals surface area contributed by atoms with Gasteiger partial charge in [0.15, 0.2) is 17.3 Å². The Balaban J connectivity index is 0.476. The fourth-order valence-electron chi connectivity index (χ4n) is 16.9. The Morgan fingerprint density at radius 1 is 0.203 bits per heavy atom. The number of carbonyl (C=O) groups is 3. The van der Waals surface area contributed by atoms with E-state index in [1.165, 1.54) is 69.8 Å². The Kier molecular flexibility index (Phi) is 20.2. The molecule has 0 N–H and O–H groups in total. The fraction of sp³-hybridized carbons (Fsp3) is 0.0367. The number of aryl methyl sites for hydroxylation is 2. The average Bonchev–Trinajstić information content (AvgIpc) is 1.55. The first-order valence-corrected chi connectivity index (χ1v) is 43.1. The maximum Gasteiger partial charge on any atom is 0.206 e. The molecule has 0 aromatic heterocycles. The van der Waals surface area contributed by atoms with Crippen LogP contribution < -0.4 is 23.7 Å². The number of ether oxygens (including phenoxy) is 5. The predicted molar refractivity (Wildman–Crippen MR) is 477 cm³/mol. The molecule has 2 aliphatic carbocycles. The van der Waals surface area contributed by atoms with Gasteiger partial charge in [-0.3, -0.25) is 14.4 Å². The van der Waals surface area contributed by atoms with Gasteiger partial charge in [0.2, 0.25) is 19.7 Å². The quantitative estimate of drug-likeness (QED) is 0.0526. The van der Waals surface area contributed by atoms with Crippen LogP contribution >= 0.6 is 0 Å². The summed E-state index contributed by atoms with van der Waals surface area (Å²) in [5, 5.41) is 0. The highest BCUT2D eigenvalue weighted by Gasteiger charge is 2.48. The summed E-state index contributed by atoms with van der Waals surface area (Å²) in [6.07, 6.45) is 0. The van der Waals surface area contributed by atoms with Crippen LogP contribution in [-0.2, 0) is 30.5 Å². The summed E-state index contributed by atoms with van der Waals surface area (Å²) in [6.45, 7) is 4.01. The number of benzene rings is 17. The Morgan fingerprint density at radius 2 is 0.390 bits per heavy atom. The van der Waals surface area contributed by atoms with Gasteiger partial charge in [-0.1, -0.05) is 199 Å². The third-order valence-corrected chi connectivity index (χ3v) is 26.6. The Bertz CT molecular complexity index is 7050. The molecule has 0 aliphatic heterocycles. The number of rotatable bonds is 24. The Morgan fingerprint density at radius 3 is 0.634 bits per heavy atom. The van der Waals surface area contributed by atoms with Crippen LogP contribution in [0.5, 0.6) is 57.5 Å². The lowest BCUT2D eigenvalue weighted by Crippen LogP contribution is -2.28. The second-order valence-electron chi connectivity index (χ2n) is 30.5. The van der Waals surface area contributed by atoms with Gasteiger partial charge in [-0.15, -0.1) is 0 Å². The third-order valence-electron chi connectivity index (χ3n) is 23.0. The van der Waals surface area contributed by atoms with Crippen molar-refractivity contribution in [2.24, 2.45) is 0 Å². The van der Waals surface area contributed by atoms with E-state index in [1.54, 1.807) is 182 Å². The van der Waals surface area contributed by atoms with Crippen LogP contribution in [-0.4, -0.2) is 34.2 Å². The van der Waals surface area contributed by atoms with Crippen LogP contribution in [0.2, 0.25) is 0 Å². The van der Waals surface area contributed by atoms with E-state index in [0.29, 0.717) is 90.9 Å². The zero-order valence-corrected chi connectivity index (χ0v) is 68.1. The highest BCUT2D eigenvalue weighted by molar-refractivity contribution is 7.91. The van der Waals surface area contributed by atoms with Crippen molar-refractivity contribution in [3.63, 3.8) is 0 Å². The van der Waals surface area contributed by atoms with Crippen molar-refractivity contribution in [3.05, 3.63) is 502 Å². The van der Waals surface area contributed by atoms with Crippen molar-refractivity contribution in [1.82, 2.24) is 0 Å². The van der Waals surface area contributed by atoms with E-state index >= 15 is 0 Å². The zero-order valence-electron chi connectivity index (χ0n) is 66.5. The number of fused-ring (bicyclic) bond motifs is 6. The summed E-state index contributed by atoms with van der Waals surface area (Å²) in [5.74, 6) is 4.37. The summed E-state index contributed by atoms with van der Waals surface area (Å²) in [4.78, 5) is 42.2. The van der Waals surface area contributed by atoms with E-state index in [0.717, 1.165) is 44.5 Å². The molecule has 0 radical (unpaired) electrons. The van der Waals surface area contributed by atoms with E-state index in [9.17, 15) is 31.2 Å². The summed E-state index contributed by atoms with van der Waals surface area (Å²) < 4.78 is 85.7. The van der Waals surface area contributed by atoms with Crippen molar-refractivity contribution in [2.75, 3.05) is 0 Å². The number of hydrogen-bond acceptors (Lipinski definition) is 12. The first-order valence-electron chi connectivity index (χ1n) is 40.1. The average molecular weight is 1640 g/mol. The number of hydrogen-bond donors (Lipinski definition) is 0. The van der Waals surface area contributed by atoms with Crippen molar-refractivity contribution < 1.29 is 54.9 Å². The van der Waals surface area contributed by atoms with Crippen LogP contribution in [0.4, 0.5) is 0 Å². The minimum Gasteiger partial charge on any atom is -0.457 e. The highest BCUT2D eigenvalue weighted by Crippen LogP contribution is 2.58. The monoisotopic (exact) mass is 1640 g/mol. The molecule has 0 spiro atoms. The lowest BCUT2D eigenvalue weighted by molar-refractivity contribution is 0.102. The Labute approximate surface area is 712 Å². The third kappa shape index (κ3) is 14.6. The highest BCUT2D eigenvalue weighted by atomic mass is 32.2. The fourth-order valence-corrected chi connectivity index (χ4v) is 19.4. The van der Waals surface area contributed by atoms with Crippen molar-refractivity contribution in [1.29, 1.82) is 0 Å². The molecule has 17 aromatic carbocycles. The second kappa shape index (κ2) is 32.1. The van der Waals surface area contributed by atoms with Gasteiger partial charge < -0.3 is 23.7 Å². The summed E-state index contributed by atoms with van der Waals surface area (Å²) in [6, 6.07) is 127. The molecule has 17 aromatic rings. The molecular weight excluding hydrogens is 1570 g/mol. The van der Waals surface area contributed by atoms with Gasteiger partial charge in [0.25, 0.3) is 0 Å². The molecule has 0 fully saturated rings. The predicted octanol–water partition coefficient (Wildman–Crippen LogP) is 25.3. The molecule has 19 rings (SSSR count). The van der Waals surface area contributed by atoms with Gasteiger partial charge in [0.1, 0.15) is 57.5 Å². The second-order valence-corrected chi connectivity index (χ2v) is 34.4.